The molecule has 0 bridgehead atoms. The standard InChI is InChI=1S/C14H10Cl2N2O3/c1-8-5-9(14(19)10(15)6-8)7-17-11-3-2-4-12(13(11)16)18(20)21/h2-7,19H,1H3/b17-7+. The van der Waals surface area contributed by atoms with Crippen molar-refractivity contribution in [2.24, 2.45) is 4.99 Å². The van der Waals surface area contributed by atoms with Gasteiger partial charge in [0.1, 0.15) is 10.8 Å². The summed E-state index contributed by atoms with van der Waals surface area (Å²) in [5.74, 6) is -0.104. The Bertz CT molecular complexity index is 745. The molecule has 0 aliphatic carbocycles. The number of aryl methyl sites for hydroxylation is 1. The number of nitro benzene ring substituents is 1. The molecule has 0 aliphatic rings. The molecule has 1 N–H and O–H groups in total. The highest BCUT2D eigenvalue weighted by Gasteiger charge is 2.14. The summed E-state index contributed by atoms with van der Waals surface area (Å²) in [6.07, 6.45) is 1.36. The monoisotopic (exact) mass is 324 g/mol. The second-order valence-corrected chi connectivity index (χ2v) is 5.10. The Morgan fingerprint density at radius 2 is 2.05 bits per heavy atom. The Balaban J connectivity index is 2.43. The molecule has 2 aromatic rings. The van der Waals surface area contributed by atoms with E-state index in [9.17, 15) is 15.2 Å². The Kier molecular flexibility index (Phi) is 4.45. The molecule has 0 saturated heterocycles. The van der Waals surface area contributed by atoms with Gasteiger partial charge in [-0.2, -0.15) is 0 Å². The van der Waals surface area contributed by atoms with E-state index in [-0.39, 0.29) is 27.2 Å². The molecular weight excluding hydrogens is 315 g/mol. The number of phenolic OH excluding ortho intramolecular Hbond substituents is 1. The molecule has 108 valence electrons. The lowest BCUT2D eigenvalue weighted by Gasteiger charge is -2.04. The van der Waals surface area contributed by atoms with Crippen LogP contribution in [0.5, 0.6) is 5.75 Å². The first-order chi connectivity index (χ1) is 9.90. The number of nitro groups is 1. The van der Waals surface area contributed by atoms with Crippen molar-refractivity contribution >= 4 is 40.8 Å². The first kappa shape index (κ1) is 15.3. The molecule has 2 aromatic carbocycles. The van der Waals surface area contributed by atoms with Crippen molar-refractivity contribution in [3.8, 4) is 5.75 Å². The number of aliphatic imine (C=N–C) groups is 1. The minimum Gasteiger partial charge on any atom is -0.506 e. The summed E-state index contributed by atoms with van der Waals surface area (Å²) in [6, 6.07) is 7.63. The van der Waals surface area contributed by atoms with Crippen molar-refractivity contribution in [3.63, 3.8) is 0 Å². The number of hydrogen-bond acceptors (Lipinski definition) is 4. The van der Waals surface area contributed by atoms with Gasteiger partial charge in [-0.1, -0.05) is 29.3 Å². The van der Waals surface area contributed by atoms with Crippen LogP contribution >= 0.6 is 23.2 Å². The lowest BCUT2D eigenvalue weighted by atomic mass is 10.1. The lowest BCUT2D eigenvalue weighted by molar-refractivity contribution is -0.384. The summed E-state index contributed by atoms with van der Waals surface area (Å²) in [4.78, 5) is 14.3. The van der Waals surface area contributed by atoms with E-state index in [1.807, 2.05) is 6.92 Å². The topological polar surface area (TPSA) is 75.7 Å². The summed E-state index contributed by atoms with van der Waals surface area (Å²) in [7, 11) is 0. The van der Waals surface area contributed by atoms with Gasteiger partial charge >= 0.3 is 0 Å². The quantitative estimate of drug-likeness (QED) is 0.506. The van der Waals surface area contributed by atoms with Crippen LogP contribution in [0.4, 0.5) is 11.4 Å². The molecule has 0 radical (unpaired) electrons. The van der Waals surface area contributed by atoms with Crippen LogP contribution in [0.2, 0.25) is 10.0 Å². The zero-order chi connectivity index (χ0) is 15.6. The summed E-state index contributed by atoms with van der Waals surface area (Å²) in [5, 5.41) is 20.8. The first-order valence-electron chi connectivity index (χ1n) is 5.86. The Hall–Kier alpha value is -2.11. The van der Waals surface area contributed by atoms with Crippen molar-refractivity contribution in [2.45, 2.75) is 6.92 Å². The maximum absolute atomic E-state index is 10.8. The van der Waals surface area contributed by atoms with Crippen LogP contribution in [0.3, 0.4) is 0 Å². The maximum atomic E-state index is 10.8. The van der Waals surface area contributed by atoms with Gasteiger partial charge in [-0.3, -0.25) is 15.1 Å². The molecule has 0 spiro atoms. The molecule has 5 nitrogen and oxygen atoms in total. The average molecular weight is 325 g/mol. The molecule has 2 rings (SSSR count). The van der Waals surface area contributed by atoms with Gasteiger partial charge in [-0.05, 0) is 30.7 Å². The third-order valence-electron chi connectivity index (χ3n) is 2.73. The zero-order valence-corrected chi connectivity index (χ0v) is 12.4. The molecule has 0 unspecified atom stereocenters. The van der Waals surface area contributed by atoms with Gasteiger partial charge in [0, 0.05) is 17.8 Å². The molecule has 0 aliphatic heterocycles. The summed E-state index contributed by atoms with van der Waals surface area (Å²) in [5.41, 5.74) is 1.27. The van der Waals surface area contributed by atoms with Crippen molar-refractivity contribution in [1.82, 2.24) is 0 Å². The molecule has 0 aromatic heterocycles. The fourth-order valence-corrected chi connectivity index (χ4v) is 2.27. The van der Waals surface area contributed by atoms with Gasteiger partial charge < -0.3 is 5.11 Å². The predicted molar refractivity (Wildman–Crippen MR) is 83.2 cm³/mol. The van der Waals surface area contributed by atoms with E-state index < -0.39 is 4.92 Å². The summed E-state index contributed by atoms with van der Waals surface area (Å²) in [6.45, 7) is 1.82. The highest BCUT2D eigenvalue weighted by atomic mass is 35.5. The molecule has 0 fully saturated rings. The molecule has 0 heterocycles. The van der Waals surface area contributed by atoms with E-state index in [2.05, 4.69) is 4.99 Å². The Morgan fingerprint density at radius 3 is 2.71 bits per heavy atom. The zero-order valence-electron chi connectivity index (χ0n) is 10.9. The van der Waals surface area contributed by atoms with Gasteiger partial charge in [-0.15, -0.1) is 0 Å². The third-order valence-corrected chi connectivity index (χ3v) is 3.41. The number of halogens is 2. The fraction of sp³-hybridized carbons (Fsp3) is 0.0714. The largest absolute Gasteiger partial charge is 0.506 e. The van der Waals surface area contributed by atoms with Crippen LogP contribution in [-0.2, 0) is 0 Å². The fourth-order valence-electron chi connectivity index (χ4n) is 1.75. The van der Waals surface area contributed by atoms with Crippen LogP contribution in [0, 0.1) is 17.0 Å². The van der Waals surface area contributed by atoms with Crippen LogP contribution in [-0.4, -0.2) is 16.2 Å². The van der Waals surface area contributed by atoms with Crippen LogP contribution in [0.25, 0.3) is 0 Å². The molecule has 21 heavy (non-hydrogen) atoms. The van der Waals surface area contributed by atoms with E-state index in [0.29, 0.717) is 5.56 Å². The smallest absolute Gasteiger partial charge is 0.290 e. The Labute approximate surface area is 130 Å². The third kappa shape index (κ3) is 3.32. The van der Waals surface area contributed by atoms with Crippen molar-refractivity contribution < 1.29 is 10.0 Å². The van der Waals surface area contributed by atoms with Crippen LogP contribution in [0.15, 0.2) is 35.3 Å². The first-order valence-corrected chi connectivity index (χ1v) is 6.62. The number of rotatable bonds is 3. The second kappa shape index (κ2) is 6.11. The predicted octanol–water partition coefficient (Wildman–Crippen LogP) is 4.67. The highest BCUT2D eigenvalue weighted by Crippen LogP contribution is 2.34. The number of hydrogen-bond donors (Lipinski definition) is 1. The van der Waals surface area contributed by atoms with E-state index in [1.54, 1.807) is 18.2 Å². The lowest BCUT2D eigenvalue weighted by Crippen LogP contribution is -1.89. The molecule has 0 saturated carbocycles. The maximum Gasteiger partial charge on any atom is 0.290 e. The number of benzene rings is 2. The Morgan fingerprint density at radius 1 is 1.33 bits per heavy atom. The van der Waals surface area contributed by atoms with Crippen molar-refractivity contribution in [2.75, 3.05) is 0 Å². The van der Waals surface area contributed by atoms with Gasteiger partial charge in [0.2, 0.25) is 0 Å². The van der Waals surface area contributed by atoms with E-state index in [4.69, 9.17) is 23.2 Å². The van der Waals surface area contributed by atoms with Crippen LogP contribution < -0.4 is 0 Å². The minimum absolute atomic E-state index is 0.0583. The van der Waals surface area contributed by atoms with E-state index in [0.717, 1.165) is 5.56 Å². The summed E-state index contributed by atoms with van der Waals surface area (Å²) < 4.78 is 0. The SMILES string of the molecule is Cc1cc(Cl)c(O)c(/C=N/c2cccc([N+](=O)[O-])c2Cl)c1. The molecule has 0 atom stereocenters. The highest BCUT2D eigenvalue weighted by molar-refractivity contribution is 6.35. The molecule has 0 amide bonds. The van der Waals surface area contributed by atoms with Gasteiger partial charge in [-0.25, -0.2) is 0 Å². The second-order valence-electron chi connectivity index (χ2n) is 4.31. The van der Waals surface area contributed by atoms with Gasteiger partial charge in [0.15, 0.2) is 0 Å². The van der Waals surface area contributed by atoms with Gasteiger partial charge in [0.25, 0.3) is 5.69 Å². The van der Waals surface area contributed by atoms with Crippen molar-refractivity contribution in [3.05, 3.63) is 61.6 Å². The number of phenols is 1. The van der Waals surface area contributed by atoms with Crippen LogP contribution in [0.1, 0.15) is 11.1 Å². The molecule has 7 heteroatoms. The van der Waals surface area contributed by atoms with Crippen molar-refractivity contribution in [1.29, 1.82) is 0 Å². The minimum atomic E-state index is -0.581. The average Bonchev–Trinajstić information content (AvgIpc) is 2.42. The van der Waals surface area contributed by atoms with E-state index >= 15 is 0 Å². The summed E-state index contributed by atoms with van der Waals surface area (Å²) >= 11 is 11.8. The number of nitrogens with zero attached hydrogens (tertiary/aromatic N) is 2. The molecular formula is C14H10Cl2N2O3. The van der Waals surface area contributed by atoms with E-state index in [1.165, 1.54) is 18.3 Å². The number of aromatic hydroxyl groups is 1. The normalized spacial score (nSPS) is 11.0. The van der Waals surface area contributed by atoms with Gasteiger partial charge in [0.05, 0.1) is 15.6 Å².